The van der Waals surface area contributed by atoms with Gasteiger partial charge in [0.15, 0.2) is 0 Å². The quantitative estimate of drug-likeness (QED) is 0.0983. The van der Waals surface area contributed by atoms with Crippen molar-refractivity contribution in [2.24, 2.45) is 41.2 Å². The van der Waals surface area contributed by atoms with Gasteiger partial charge in [0.2, 0.25) is 29.4 Å². The van der Waals surface area contributed by atoms with E-state index in [0.717, 1.165) is 109 Å². The first kappa shape index (κ1) is 63.3. The standard InChI is InChI=1S/C22H29ClN4O4.C16H27N3O2.C6H3ClFNO2.CH3F.CH2O3.2K.H/c23-18-7-8-20(27(30)31)19(13-18)24-14-15-1-3-16(4-2-15)21(28)25-9-11-26(12-10-25)22(29)17-5-6-17;17-11-12-1-3-13(4-2-12)15(20)18-7-9-19(10-8-18)16(21)14-5-6-14;7-4-1-2-6(9(10)11)5(8)3-4;1-2;2-1-4-3;;;/h7-8,13,15-17,24H,1-6,9-12,14H2;12-14H,1-11,17H2;1-3H;1H3;1,3H;;;/q;;;;;2*+1;-1/p-1/i;;;1D;;;;. The Morgan fingerprint density at radius 1 is 0.690 bits per heavy atom. The molecule has 4 aliphatic carbocycles. The molecule has 0 aromatic heterocycles. The zero-order valence-electron chi connectivity index (χ0n) is 42.5. The molecule has 8 rings (SSSR count). The van der Waals surface area contributed by atoms with Crippen LogP contribution in [0.4, 0.5) is 25.8 Å². The molecule has 0 spiro atoms. The molecule has 71 heavy (non-hydrogen) atoms. The number of nitro groups is 2. The van der Waals surface area contributed by atoms with E-state index < -0.39 is 28.5 Å². The number of anilines is 1. The molecule has 2 aliphatic heterocycles. The summed E-state index contributed by atoms with van der Waals surface area (Å²) < 4.78 is 28.1. The molecule has 2 aromatic rings. The van der Waals surface area contributed by atoms with Crippen LogP contribution in [0.2, 0.25) is 10.0 Å². The average molecular weight is 1090 g/mol. The molecule has 25 heteroatoms. The summed E-state index contributed by atoms with van der Waals surface area (Å²) in [7, 11) is -1.00. The molecule has 19 nitrogen and oxygen atoms in total. The first-order valence-electron chi connectivity index (χ1n) is 24.0. The summed E-state index contributed by atoms with van der Waals surface area (Å²) in [5.74, 6) is 1.93. The maximum Gasteiger partial charge on any atom is 1.00 e. The number of piperazine rings is 2. The van der Waals surface area contributed by atoms with Gasteiger partial charge in [-0.1, -0.05) is 23.2 Å². The van der Waals surface area contributed by atoms with Crippen LogP contribution in [0.1, 0.15) is 79.8 Å². The first-order chi connectivity index (χ1) is 33.5. The molecular formula is C46H64Cl2F2K2N8O11. The van der Waals surface area contributed by atoms with E-state index in [4.69, 9.17) is 40.4 Å². The second-order valence-electron chi connectivity index (χ2n) is 17.9. The Morgan fingerprint density at radius 3 is 1.30 bits per heavy atom. The van der Waals surface area contributed by atoms with Crippen molar-refractivity contribution in [2.75, 3.05) is 77.9 Å². The number of rotatable bonds is 11. The maximum atomic E-state index is 12.9. The second-order valence-corrected chi connectivity index (χ2v) is 18.7. The Kier molecular flexibility index (Phi) is 30.2. The summed E-state index contributed by atoms with van der Waals surface area (Å²) in [4.78, 5) is 88.8. The Bertz CT molecular complexity index is 2080. The fraction of sp³-hybridized carbons (Fsp3) is 0.630. The largest absolute Gasteiger partial charge is 1.00 e. The number of nitrogens with two attached hydrogens (primary N) is 1. The molecule has 0 radical (unpaired) electrons. The van der Waals surface area contributed by atoms with E-state index in [1.165, 1.54) is 18.2 Å². The van der Waals surface area contributed by atoms with Crippen molar-refractivity contribution >= 4 is 70.4 Å². The van der Waals surface area contributed by atoms with Crippen molar-refractivity contribution in [3.8, 4) is 0 Å². The topological polar surface area (TPSA) is 255 Å². The van der Waals surface area contributed by atoms with Gasteiger partial charge >= 0.3 is 108 Å². The Hall–Kier alpha value is -1.98. The molecule has 6 fully saturated rings. The summed E-state index contributed by atoms with van der Waals surface area (Å²) >= 11 is 11.3. The van der Waals surface area contributed by atoms with Crippen LogP contribution in [-0.4, -0.2) is 132 Å². The van der Waals surface area contributed by atoms with Gasteiger partial charge in [-0.2, -0.15) is 4.39 Å². The van der Waals surface area contributed by atoms with Crippen LogP contribution < -0.4 is 119 Å². The van der Waals surface area contributed by atoms with Crippen molar-refractivity contribution < 1.29 is 158 Å². The summed E-state index contributed by atoms with van der Waals surface area (Å²) in [6.45, 7) is 6.65. The van der Waals surface area contributed by atoms with Crippen LogP contribution in [0, 0.1) is 61.6 Å². The minimum Gasteiger partial charge on any atom is -1.00 e. The fourth-order valence-electron chi connectivity index (χ4n) is 8.94. The molecule has 0 unspecified atom stereocenters. The molecule has 3 N–H and O–H groups in total. The van der Waals surface area contributed by atoms with Gasteiger partial charge in [0.1, 0.15) is 5.69 Å². The monoisotopic (exact) mass is 1090 g/mol. The van der Waals surface area contributed by atoms with Gasteiger partial charge < -0.3 is 42.2 Å². The molecule has 2 saturated heterocycles. The molecule has 6 aliphatic rings. The summed E-state index contributed by atoms with van der Waals surface area (Å²) in [5, 5.41) is 33.5. The van der Waals surface area contributed by atoms with Crippen LogP contribution in [0.15, 0.2) is 36.4 Å². The number of amides is 4. The van der Waals surface area contributed by atoms with Crippen LogP contribution in [0.5, 0.6) is 0 Å². The van der Waals surface area contributed by atoms with Crippen molar-refractivity contribution in [1.82, 2.24) is 19.6 Å². The molecule has 0 atom stereocenters. The fourth-order valence-corrected chi connectivity index (χ4v) is 9.27. The van der Waals surface area contributed by atoms with E-state index in [1.54, 1.807) is 6.07 Å². The number of carbonyl (C=O) groups excluding carboxylic acids is 5. The predicted molar refractivity (Wildman–Crippen MR) is 252 cm³/mol. The number of nitro benzene ring substituents is 2. The maximum absolute atomic E-state index is 12.9. The molecule has 384 valence electrons. The average Bonchev–Trinajstić information content (AvgIpc) is 4.32. The van der Waals surface area contributed by atoms with E-state index in [2.05, 4.69) is 10.2 Å². The zero-order valence-corrected chi connectivity index (χ0v) is 48.3. The van der Waals surface area contributed by atoms with Crippen LogP contribution in [0.3, 0.4) is 0 Å². The van der Waals surface area contributed by atoms with Crippen molar-refractivity contribution in [2.45, 2.75) is 77.0 Å². The van der Waals surface area contributed by atoms with Gasteiger partial charge in [-0.25, -0.2) is 0 Å². The van der Waals surface area contributed by atoms with E-state index in [-0.39, 0.29) is 151 Å². The molecule has 2 heterocycles. The van der Waals surface area contributed by atoms with E-state index in [9.17, 15) is 48.2 Å². The number of nitrogens with one attached hydrogen (secondary N) is 1. The number of nitrogens with zero attached hydrogens (tertiary/aromatic N) is 6. The van der Waals surface area contributed by atoms with Gasteiger partial charge in [0, 0.05) is 105 Å². The minimum atomic E-state index is -1.00. The molecule has 4 amide bonds. The number of carbonyl (C=O) groups is 5. The summed E-state index contributed by atoms with van der Waals surface area (Å²) in [6.07, 6.45) is 11.8. The van der Waals surface area contributed by atoms with Gasteiger partial charge in [0.25, 0.3) is 12.2 Å². The molecular weight excluding hydrogens is 1030 g/mol. The third-order valence-electron chi connectivity index (χ3n) is 13.3. The van der Waals surface area contributed by atoms with Crippen molar-refractivity contribution in [3.05, 3.63) is 72.5 Å². The third-order valence-corrected chi connectivity index (χ3v) is 13.7. The smallest absolute Gasteiger partial charge is 1.00 e. The van der Waals surface area contributed by atoms with Crippen molar-refractivity contribution in [1.29, 1.82) is 0 Å². The summed E-state index contributed by atoms with van der Waals surface area (Å²) in [5.41, 5.74) is 5.61. The number of hydrogen-bond acceptors (Lipinski definition) is 13. The van der Waals surface area contributed by atoms with Gasteiger partial charge in [0.05, 0.1) is 18.4 Å². The van der Waals surface area contributed by atoms with Gasteiger partial charge in [-0.3, -0.25) is 48.6 Å². The normalized spacial score (nSPS) is 21.5. The van der Waals surface area contributed by atoms with Gasteiger partial charge in [-0.15, -0.1) is 0 Å². The number of hydrogen-bond donors (Lipinski definition) is 2. The first-order valence-corrected chi connectivity index (χ1v) is 24.0. The summed E-state index contributed by atoms with van der Waals surface area (Å²) in [6, 6.07) is 7.71. The number of halogens is 4. The third kappa shape index (κ3) is 21.3. The molecule has 0 bridgehead atoms. The predicted octanol–water partition coefficient (Wildman–Crippen LogP) is -0.0922. The van der Waals surface area contributed by atoms with Crippen LogP contribution >= 0.6 is 23.2 Å². The van der Waals surface area contributed by atoms with E-state index >= 15 is 0 Å². The van der Waals surface area contributed by atoms with Crippen LogP contribution in [-0.2, 0) is 28.9 Å². The van der Waals surface area contributed by atoms with E-state index in [0.29, 0.717) is 86.1 Å². The Labute approximate surface area is 510 Å². The van der Waals surface area contributed by atoms with Crippen LogP contribution in [0.25, 0.3) is 0 Å². The zero-order chi connectivity index (χ0) is 51.3. The SMILES string of the molecule is NCC1CCC(C(=O)N2CCN(C(=O)C3CC3)CC2)CC1.O=C(C1CCC(CNc2cc(Cl)ccc2[N+](=O)[O-])CC1)N1CCN(C(=O)C2CC2)CC1.O=CO[O-].O=[N+]([O-])c1ccc(Cl)cc1F.[2H]CF.[H-].[K+].[K+]. The Balaban J connectivity index is 0.000000548. The minimum absolute atomic E-state index is 0. The van der Waals surface area contributed by atoms with Crippen molar-refractivity contribution in [3.63, 3.8) is 0 Å². The second kappa shape index (κ2) is 33.8. The molecule has 4 saturated carbocycles. The Morgan fingerprint density at radius 2 is 1.00 bits per heavy atom. The van der Waals surface area contributed by atoms with Gasteiger partial charge in [-0.05, 0) is 120 Å². The van der Waals surface area contributed by atoms with E-state index in [1.807, 2.05) is 19.6 Å². The molecule has 2 aromatic carbocycles. The number of alkyl halides is 1. The number of benzene rings is 2.